The molecule has 1 atom stereocenters. The average molecular weight is 441 g/mol. The van der Waals surface area contributed by atoms with Crippen LogP contribution in [0.5, 0.6) is 0 Å². The summed E-state index contributed by atoms with van der Waals surface area (Å²) in [5, 5.41) is 0.675. The number of thiazole rings is 1. The zero-order valence-electron chi connectivity index (χ0n) is 16.7. The first kappa shape index (κ1) is 19.5. The average Bonchev–Trinajstić information content (AvgIpc) is 3.29. The van der Waals surface area contributed by atoms with Gasteiger partial charge in [-0.05, 0) is 37.7 Å². The first-order chi connectivity index (χ1) is 14.5. The molecule has 30 heavy (non-hydrogen) atoms. The van der Waals surface area contributed by atoms with E-state index in [9.17, 15) is 0 Å². The van der Waals surface area contributed by atoms with Gasteiger partial charge in [0.1, 0.15) is 16.7 Å². The van der Waals surface area contributed by atoms with Crippen LogP contribution in [0.3, 0.4) is 0 Å². The molecule has 8 nitrogen and oxygen atoms in total. The molecule has 5 rings (SSSR count). The molecule has 1 spiro atoms. The van der Waals surface area contributed by atoms with Crippen LogP contribution < -0.4 is 22.1 Å². The standard InChI is InChI=1S/C20H24N8S2/c1-11-12(2-5-24-17(11)22)30-19-18(23)27-14(9-25-19)28-6-3-20(4-7-28)8-13-15(16(20)21)26-10-29-13/h2,5,9-10,16H,3-4,6-8,21H2,1H3,(H2,22,24)(H2,23,27). The van der Waals surface area contributed by atoms with Gasteiger partial charge in [-0.1, -0.05) is 11.8 Å². The first-order valence-electron chi connectivity index (χ1n) is 9.91. The number of anilines is 3. The van der Waals surface area contributed by atoms with Crippen LogP contribution in [0.4, 0.5) is 17.5 Å². The molecule has 1 saturated heterocycles. The molecule has 0 radical (unpaired) electrons. The van der Waals surface area contributed by atoms with E-state index in [1.54, 1.807) is 17.5 Å². The largest absolute Gasteiger partial charge is 0.383 e. The Labute approximate surface area is 183 Å². The second kappa shape index (κ2) is 7.36. The van der Waals surface area contributed by atoms with Crippen molar-refractivity contribution in [3.05, 3.63) is 40.1 Å². The van der Waals surface area contributed by atoms with Gasteiger partial charge in [0.15, 0.2) is 5.82 Å². The molecule has 0 aromatic carbocycles. The van der Waals surface area contributed by atoms with Gasteiger partial charge in [-0.15, -0.1) is 11.3 Å². The molecule has 6 N–H and O–H groups in total. The van der Waals surface area contributed by atoms with Gasteiger partial charge in [0.25, 0.3) is 0 Å². The first-order valence-corrected chi connectivity index (χ1v) is 11.6. The van der Waals surface area contributed by atoms with Crippen molar-refractivity contribution >= 4 is 40.6 Å². The van der Waals surface area contributed by atoms with Crippen LogP contribution in [-0.4, -0.2) is 33.0 Å². The molecule has 1 aliphatic carbocycles. The number of nitrogens with zero attached hydrogens (tertiary/aromatic N) is 5. The van der Waals surface area contributed by atoms with Crippen LogP contribution in [0.25, 0.3) is 0 Å². The second-order valence-electron chi connectivity index (χ2n) is 8.00. The van der Waals surface area contributed by atoms with E-state index in [1.807, 2.05) is 24.7 Å². The van der Waals surface area contributed by atoms with Gasteiger partial charge in [-0.2, -0.15) is 0 Å². The Kier molecular flexibility index (Phi) is 4.79. The lowest BCUT2D eigenvalue weighted by molar-refractivity contribution is 0.186. The summed E-state index contributed by atoms with van der Waals surface area (Å²) in [7, 11) is 0. The number of pyridine rings is 1. The van der Waals surface area contributed by atoms with E-state index in [0.29, 0.717) is 16.7 Å². The van der Waals surface area contributed by atoms with E-state index in [2.05, 4.69) is 24.8 Å². The van der Waals surface area contributed by atoms with E-state index in [0.717, 1.165) is 54.3 Å². The van der Waals surface area contributed by atoms with Crippen LogP contribution in [-0.2, 0) is 6.42 Å². The Hall–Kier alpha value is -2.43. The molecule has 2 aliphatic rings. The van der Waals surface area contributed by atoms with Gasteiger partial charge in [0.2, 0.25) is 0 Å². The predicted molar refractivity (Wildman–Crippen MR) is 121 cm³/mol. The van der Waals surface area contributed by atoms with Crippen molar-refractivity contribution in [3.8, 4) is 0 Å². The highest BCUT2D eigenvalue weighted by atomic mass is 32.2. The van der Waals surface area contributed by atoms with E-state index in [-0.39, 0.29) is 11.5 Å². The fourth-order valence-electron chi connectivity index (χ4n) is 4.42. The van der Waals surface area contributed by atoms with Crippen LogP contribution in [0.15, 0.2) is 33.9 Å². The summed E-state index contributed by atoms with van der Waals surface area (Å²) in [5.74, 6) is 1.76. The van der Waals surface area contributed by atoms with Gasteiger partial charge >= 0.3 is 0 Å². The van der Waals surface area contributed by atoms with E-state index in [1.165, 1.54) is 16.6 Å². The third-order valence-electron chi connectivity index (χ3n) is 6.37. The van der Waals surface area contributed by atoms with Gasteiger partial charge in [0, 0.05) is 34.6 Å². The maximum Gasteiger partial charge on any atom is 0.158 e. The fourth-order valence-corrected chi connectivity index (χ4v) is 6.23. The normalized spacial score (nSPS) is 19.9. The van der Waals surface area contributed by atoms with Crippen molar-refractivity contribution in [1.29, 1.82) is 0 Å². The van der Waals surface area contributed by atoms with Crippen molar-refractivity contribution in [3.63, 3.8) is 0 Å². The quantitative estimate of drug-likeness (QED) is 0.562. The number of hydrogen-bond acceptors (Lipinski definition) is 10. The molecule has 3 aromatic heterocycles. The minimum absolute atomic E-state index is 0.0341. The molecule has 1 unspecified atom stereocenters. The number of aromatic nitrogens is 4. The summed E-state index contributed by atoms with van der Waals surface area (Å²) in [4.78, 5) is 22.4. The Morgan fingerprint density at radius 3 is 2.70 bits per heavy atom. The van der Waals surface area contributed by atoms with Crippen molar-refractivity contribution in [1.82, 2.24) is 19.9 Å². The molecule has 3 aromatic rings. The van der Waals surface area contributed by atoms with Crippen LogP contribution in [0.1, 0.15) is 35.0 Å². The summed E-state index contributed by atoms with van der Waals surface area (Å²) in [6, 6.07) is 1.94. The number of nitrogen functional groups attached to an aromatic ring is 2. The number of fused-ring (bicyclic) bond motifs is 1. The van der Waals surface area contributed by atoms with Crippen LogP contribution >= 0.6 is 23.1 Å². The van der Waals surface area contributed by atoms with Gasteiger partial charge < -0.3 is 22.1 Å². The van der Waals surface area contributed by atoms with Crippen LogP contribution in [0.2, 0.25) is 0 Å². The van der Waals surface area contributed by atoms with Crippen molar-refractivity contribution < 1.29 is 0 Å². The molecule has 0 saturated carbocycles. The molecule has 156 valence electrons. The highest BCUT2D eigenvalue weighted by Crippen LogP contribution is 2.51. The van der Waals surface area contributed by atoms with Crippen LogP contribution in [0, 0.1) is 12.3 Å². The third kappa shape index (κ3) is 3.19. The number of piperidine rings is 1. The maximum absolute atomic E-state index is 6.59. The van der Waals surface area contributed by atoms with Gasteiger partial charge in [-0.25, -0.2) is 19.9 Å². The van der Waals surface area contributed by atoms with Gasteiger partial charge in [-0.3, -0.25) is 0 Å². The zero-order chi connectivity index (χ0) is 20.9. The zero-order valence-corrected chi connectivity index (χ0v) is 18.3. The highest BCUT2D eigenvalue weighted by Gasteiger charge is 2.47. The van der Waals surface area contributed by atoms with E-state index < -0.39 is 0 Å². The minimum atomic E-state index is 0.0341. The summed E-state index contributed by atoms with van der Waals surface area (Å²) in [6.45, 7) is 3.72. The topological polar surface area (TPSA) is 133 Å². The summed E-state index contributed by atoms with van der Waals surface area (Å²) in [6.07, 6.45) is 6.58. The molecule has 1 fully saturated rings. The number of hydrogen-bond donors (Lipinski definition) is 3. The van der Waals surface area contributed by atoms with Crippen molar-refractivity contribution in [2.24, 2.45) is 11.1 Å². The van der Waals surface area contributed by atoms with E-state index >= 15 is 0 Å². The molecule has 10 heteroatoms. The smallest absolute Gasteiger partial charge is 0.158 e. The van der Waals surface area contributed by atoms with Crippen molar-refractivity contribution in [2.75, 3.05) is 29.5 Å². The fraction of sp³-hybridized carbons (Fsp3) is 0.400. The third-order valence-corrected chi connectivity index (χ3v) is 8.39. The monoisotopic (exact) mass is 440 g/mol. The Morgan fingerprint density at radius 2 is 1.97 bits per heavy atom. The Morgan fingerprint density at radius 1 is 1.17 bits per heavy atom. The number of rotatable bonds is 3. The Bertz CT molecular complexity index is 1090. The summed E-state index contributed by atoms with van der Waals surface area (Å²) >= 11 is 3.19. The SMILES string of the molecule is Cc1c(Sc2ncc(N3CCC4(CC3)Cc3scnc3C4N)nc2N)ccnc1N. The molecular formula is C20H24N8S2. The molecule has 0 amide bonds. The summed E-state index contributed by atoms with van der Waals surface area (Å²) in [5.41, 5.74) is 22.8. The van der Waals surface area contributed by atoms with Gasteiger partial charge in [0.05, 0.1) is 23.4 Å². The molecule has 0 bridgehead atoms. The maximum atomic E-state index is 6.59. The molecular weight excluding hydrogens is 416 g/mol. The predicted octanol–water partition coefficient (Wildman–Crippen LogP) is 2.79. The summed E-state index contributed by atoms with van der Waals surface area (Å²) < 4.78 is 0. The lowest BCUT2D eigenvalue weighted by Crippen LogP contribution is -2.44. The lowest BCUT2D eigenvalue weighted by atomic mass is 9.73. The molecule has 4 heterocycles. The Balaban J connectivity index is 1.29. The lowest BCUT2D eigenvalue weighted by Gasteiger charge is -2.42. The van der Waals surface area contributed by atoms with E-state index in [4.69, 9.17) is 17.2 Å². The van der Waals surface area contributed by atoms with Crippen molar-refractivity contribution in [2.45, 2.75) is 42.1 Å². The molecule has 1 aliphatic heterocycles. The highest BCUT2D eigenvalue weighted by molar-refractivity contribution is 7.99. The number of nitrogens with two attached hydrogens (primary N) is 3. The minimum Gasteiger partial charge on any atom is -0.383 e. The second-order valence-corrected chi connectivity index (χ2v) is 9.97.